The topological polar surface area (TPSA) is 78.9 Å². The van der Waals surface area contributed by atoms with Crippen molar-refractivity contribution in [3.63, 3.8) is 0 Å². The van der Waals surface area contributed by atoms with E-state index in [0.29, 0.717) is 19.3 Å². The van der Waals surface area contributed by atoms with Crippen molar-refractivity contribution in [1.82, 2.24) is 0 Å². The lowest BCUT2D eigenvalue weighted by molar-refractivity contribution is -0.167. The van der Waals surface area contributed by atoms with Crippen molar-refractivity contribution in [2.24, 2.45) is 11.8 Å². The molecule has 0 saturated heterocycles. The zero-order valence-electron chi connectivity index (χ0n) is 42.5. The number of rotatable bonds is 50. The van der Waals surface area contributed by atoms with Crippen LogP contribution in [0.25, 0.3) is 0 Å². The van der Waals surface area contributed by atoms with E-state index in [0.717, 1.165) is 69.6 Å². The zero-order valence-corrected chi connectivity index (χ0v) is 42.5. The Labute approximate surface area is 387 Å². The number of unbranched alkanes of at least 4 members (excludes halogenated alkanes) is 34. The minimum Gasteiger partial charge on any atom is -0.462 e. The van der Waals surface area contributed by atoms with Gasteiger partial charge in [-0.1, -0.05) is 272 Å². The molecule has 0 aliphatic carbocycles. The van der Waals surface area contributed by atoms with E-state index in [-0.39, 0.29) is 31.1 Å². The number of hydrogen-bond donors (Lipinski definition) is 0. The van der Waals surface area contributed by atoms with Crippen molar-refractivity contribution in [2.75, 3.05) is 13.2 Å². The molecule has 62 heavy (non-hydrogen) atoms. The molecule has 0 radical (unpaired) electrons. The number of ether oxygens (including phenoxy) is 3. The van der Waals surface area contributed by atoms with Gasteiger partial charge in [0.2, 0.25) is 0 Å². The van der Waals surface area contributed by atoms with Gasteiger partial charge in [-0.05, 0) is 31.1 Å². The van der Waals surface area contributed by atoms with Crippen LogP contribution in [-0.4, -0.2) is 37.2 Å². The number of esters is 3. The van der Waals surface area contributed by atoms with E-state index in [1.807, 2.05) is 0 Å². The molecular weight excluding hydrogens is 769 g/mol. The summed E-state index contributed by atoms with van der Waals surface area (Å²) in [6.07, 6.45) is 50.8. The first kappa shape index (κ1) is 60.4. The summed E-state index contributed by atoms with van der Waals surface area (Å²) in [5, 5.41) is 0. The van der Waals surface area contributed by atoms with Crippen LogP contribution in [0.1, 0.15) is 311 Å². The molecule has 0 aromatic rings. The summed E-state index contributed by atoms with van der Waals surface area (Å²) < 4.78 is 16.9. The van der Waals surface area contributed by atoms with Gasteiger partial charge < -0.3 is 14.2 Å². The average Bonchev–Trinajstić information content (AvgIpc) is 3.26. The van der Waals surface area contributed by atoms with Gasteiger partial charge in [-0.15, -0.1) is 0 Å². The van der Waals surface area contributed by atoms with Gasteiger partial charge >= 0.3 is 17.9 Å². The quantitative estimate of drug-likeness (QED) is 0.0344. The minimum absolute atomic E-state index is 0.0631. The predicted octanol–water partition coefficient (Wildman–Crippen LogP) is 18.1. The Morgan fingerprint density at radius 2 is 0.613 bits per heavy atom. The van der Waals surface area contributed by atoms with E-state index in [1.165, 1.54) is 199 Å². The average molecular weight is 877 g/mol. The summed E-state index contributed by atoms with van der Waals surface area (Å²) in [6.45, 7) is 11.4. The second kappa shape index (κ2) is 48.9. The third kappa shape index (κ3) is 47.9. The van der Waals surface area contributed by atoms with Crippen LogP contribution in [-0.2, 0) is 28.6 Å². The molecule has 0 N–H and O–H groups in total. The Balaban J connectivity index is 4.30. The van der Waals surface area contributed by atoms with Crippen LogP contribution in [0.2, 0.25) is 0 Å². The van der Waals surface area contributed by atoms with E-state index in [1.54, 1.807) is 0 Å². The van der Waals surface area contributed by atoms with Crippen LogP contribution < -0.4 is 0 Å². The highest BCUT2D eigenvalue weighted by Crippen LogP contribution is 2.18. The van der Waals surface area contributed by atoms with Gasteiger partial charge in [-0.25, -0.2) is 0 Å². The van der Waals surface area contributed by atoms with Gasteiger partial charge in [0.25, 0.3) is 0 Å². The van der Waals surface area contributed by atoms with Gasteiger partial charge in [0, 0.05) is 19.3 Å². The smallest absolute Gasteiger partial charge is 0.306 e. The standard InChI is InChI=1S/C56H108O6/c1-6-8-9-10-11-12-13-21-26-31-36-41-46-54(57)60-49-53(50-61-55(58)47-42-37-32-27-23-18-19-24-29-34-39-44-51(3)4)62-56(59)48-43-38-33-28-22-17-15-14-16-20-25-30-35-40-45-52(5)7-2/h51-53H,6-50H2,1-5H3/t52?,53-/m1/s1. The fourth-order valence-corrected chi connectivity index (χ4v) is 8.49. The molecule has 0 rings (SSSR count). The molecule has 0 heterocycles. The fraction of sp³-hybridized carbons (Fsp3) is 0.946. The third-order valence-corrected chi connectivity index (χ3v) is 13.1. The van der Waals surface area contributed by atoms with Crippen LogP contribution >= 0.6 is 0 Å². The van der Waals surface area contributed by atoms with Crippen molar-refractivity contribution in [3.05, 3.63) is 0 Å². The molecule has 0 aliphatic rings. The lowest BCUT2D eigenvalue weighted by atomic mass is 9.99. The maximum Gasteiger partial charge on any atom is 0.306 e. The van der Waals surface area contributed by atoms with E-state index in [4.69, 9.17) is 14.2 Å². The number of carbonyl (C=O) groups is 3. The molecule has 0 saturated carbocycles. The highest BCUT2D eigenvalue weighted by molar-refractivity contribution is 5.71. The molecule has 368 valence electrons. The van der Waals surface area contributed by atoms with Crippen LogP contribution in [0.5, 0.6) is 0 Å². The second-order valence-corrected chi connectivity index (χ2v) is 19.9. The van der Waals surface area contributed by atoms with Gasteiger partial charge in [0.15, 0.2) is 6.10 Å². The molecule has 6 heteroatoms. The Morgan fingerprint density at radius 3 is 0.919 bits per heavy atom. The van der Waals surface area contributed by atoms with Crippen LogP contribution in [0.4, 0.5) is 0 Å². The third-order valence-electron chi connectivity index (χ3n) is 13.1. The van der Waals surface area contributed by atoms with E-state index in [2.05, 4.69) is 34.6 Å². The molecule has 0 aliphatic heterocycles. The Morgan fingerprint density at radius 1 is 0.339 bits per heavy atom. The van der Waals surface area contributed by atoms with Crippen molar-refractivity contribution in [3.8, 4) is 0 Å². The Hall–Kier alpha value is -1.59. The first-order valence-corrected chi connectivity index (χ1v) is 27.8. The van der Waals surface area contributed by atoms with Crippen molar-refractivity contribution >= 4 is 17.9 Å². The van der Waals surface area contributed by atoms with Crippen LogP contribution in [0.3, 0.4) is 0 Å². The zero-order chi connectivity index (χ0) is 45.4. The Kier molecular flexibility index (Phi) is 47.6. The lowest BCUT2D eigenvalue weighted by Gasteiger charge is -2.18. The number of carbonyl (C=O) groups excluding carboxylic acids is 3. The molecule has 6 nitrogen and oxygen atoms in total. The molecular formula is C56H108O6. The fourth-order valence-electron chi connectivity index (χ4n) is 8.49. The summed E-state index contributed by atoms with van der Waals surface area (Å²) in [6, 6.07) is 0. The molecule has 0 amide bonds. The SMILES string of the molecule is CCCCCCCCCCCCCCC(=O)OC[C@H](COC(=O)CCCCCCCCCCCCCC(C)C)OC(=O)CCCCCCCCCCCCCCCCC(C)CC. The number of hydrogen-bond acceptors (Lipinski definition) is 6. The van der Waals surface area contributed by atoms with E-state index in [9.17, 15) is 14.4 Å². The minimum atomic E-state index is -0.762. The van der Waals surface area contributed by atoms with Gasteiger partial charge in [-0.3, -0.25) is 14.4 Å². The molecule has 0 fully saturated rings. The highest BCUT2D eigenvalue weighted by atomic mass is 16.6. The first-order valence-electron chi connectivity index (χ1n) is 27.8. The van der Waals surface area contributed by atoms with Gasteiger partial charge in [0.05, 0.1) is 0 Å². The van der Waals surface area contributed by atoms with Crippen LogP contribution in [0.15, 0.2) is 0 Å². The molecule has 0 aromatic carbocycles. The molecule has 2 atom stereocenters. The van der Waals surface area contributed by atoms with Gasteiger partial charge in [0.1, 0.15) is 13.2 Å². The van der Waals surface area contributed by atoms with Crippen LogP contribution in [0, 0.1) is 11.8 Å². The molecule has 1 unspecified atom stereocenters. The normalized spacial score (nSPS) is 12.5. The lowest BCUT2D eigenvalue weighted by Crippen LogP contribution is -2.30. The van der Waals surface area contributed by atoms with Crippen molar-refractivity contribution < 1.29 is 28.6 Å². The predicted molar refractivity (Wildman–Crippen MR) is 266 cm³/mol. The maximum absolute atomic E-state index is 12.8. The summed E-state index contributed by atoms with van der Waals surface area (Å²) in [5.74, 6) is 0.878. The van der Waals surface area contributed by atoms with Gasteiger partial charge in [-0.2, -0.15) is 0 Å². The molecule has 0 spiro atoms. The summed E-state index contributed by atoms with van der Waals surface area (Å²) in [7, 11) is 0. The van der Waals surface area contributed by atoms with Crippen molar-refractivity contribution in [1.29, 1.82) is 0 Å². The van der Waals surface area contributed by atoms with E-state index >= 15 is 0 Å². The maximum atomic E-state index is 12.8. The largest absolute Gasteiger partial charge is 0.462 e. The Bertz CT molecular complexity index is 949. The summed E-state index contributed by atoms with van der Waals surface area (Å²) in [4.78, 5) is 38.0. The highest BCUT2D eigenvalue weighted by Gasteiger charge is 2.19. The van der Waals surface area contributed by atoms with E-state index < -0.39 is 6.10 Å². The van der Waals surface area contributed by atoms with Crippen molar-refractivity contribution in [2.45, 2.75) is 317 Å². The summed E-state index contributed by atoms with van der Waals surface area (Å²) in [5.41, 5.74) is 0. The summed E-state index contributed by atoms with van der Waals surface area (Å²) >= 11 is 0. The monoisotopic (exact) mass is 877 g/mol. The second-order valence-electron chi connectivity index (χ2n) is 19.9. The molecule has 0 bridgehead atoms. The first-order chi connectivity index (χ1) is 30.3. The molecule has 0 aromatic heterocycles.